The Morgan fingerprint density at radius 1 is 1.37 bits per heavy atom. The number of hydrogen-bond acceptors (Lipinski definition) is 8. The molecule has 4 rings (SSSR count). The van der Waals surface area contributed by atoms with E-state index in [1.807, 2.05) is 13.0 Å². The number of nitriles is 1. The van der Waals surface area contributed by atoms with Gasteiger partial charge in [-0.15, -0.1) is 11.3 Å². The summed E-state index contributed by atoms with van der Waals surface area (Å²) in [7, 11) is 1.77. The van der Waals surface area contributed by atoms with Crippen molar-refractivity contribution in [1.29, 1.82) is 5.26 Å². The van der Waals surface area contributed by atoms with Crippen molar-refractivity contribution < 1.29 is 14.1 Å². The van der Waals surface area contributed by atoms with Gasteiger partial charge >= 0.3 is 5.82 Å². The number of nitrogens with zero attached hydrogens (tertiary/aromatic N) is 6. The van der Waals surface area contributed by atoms with Crippen molar-refractivity contribution in [2.45, 2.75) is 26.4 Å². The third-order valence-corrected chi connectivity index (χ3v) is 6.62. The topological polar surface area (TPSA) is 120 Å². The summed E-state index contributed by atoms with van der Waals surface area (Å²) in [5.41, 5.74) is 2.92. The standard InChI is InChI=1S/C23H18BrFN6O3S/c1-12(34-20-6-14(24)11-27-23(20)31(32)33)19-7-15(25)4-5-18(19)22-21(35-13(2)28-22)9-17-8-16(10-26)29-30(17)3/h4-8,11-12H,9H2,1-3H3/t12-/m1/s1. The summed E-state index contributed by atoms with van der Waals surface area (Å²) in [5.74, 6) is -0.951. The summed E-state index contributed by atoms with van der Waals surface area (Å²) < 4.78 is 22.4. The van der Waals surface area contributed by atoms with Gasteiger partial charge in [0, 0.05) is 41.2 Å². The molecule has 178 valence electrons. The maximum Gasteiger partial charge on any atom is 0.406 e. The molecule has 0 fully saturated rings. The summed E-state index contributed by atoms with van der Waals surface area (Å²) in [6, 6.07) is 9.51. The zero-order chi connectivity index (χ0) is 25.3. The number of rotatable bonds is 7. The Balaban J connectivity index is 1.75. The minimum Gasteiger partial charge on any atom is -0.478 e. The van der Waals surface area contributed by atoms with Crippen LogP contribution in [-0.2, 0) is 13.5 Å². The molecule has 0 saturated carbocycles. The van der Waals surface area contributed by atoms with Crippen LogP contribution in [0.25, 0.3) is 11.3 Å². The zero-order valence-corrected chi connectivity index (χ0v) is 21.2. The van der Waals surface area contributed by atoms with Crippen LogP contribution in [-0.4, -0.2) is 24.7 Å². The third-order valence-electron chi connectivity index (χ3n) is 5.22. The molecule has 0 aliphatic carbocycles. The second-order valence-electron chi connectivity index (χ2n) is 7.66. The fourth-order valence-corrected chi connectivity index (χ4v) is 4.94. The Hall–Kier alpha value is -3.69. The van der Waals surface area contributed by atoms with Gasteiger partial charge in [-0.2, -0.15) is 10.4 Å². The van der Waals surface area contributed by atoms with Crippen molar-refractivity contribution in [3.63, 3.8) is 0 Å². The molecule has 0 aliphatic rings. The van der Waals surface area contributed by atoms with Crippen LogP contribution >= 0.6 is 27.3 Å². The molecular formula is C23H18BrFN6O3S. The predicted molar refractivity (Wildman–Crippen MR) is 131 cm³/mol. The number of aromatic nitrogens is 4. The van der Waals surface area contributed by atoms with E-state index in [9.17, 15) is 14.5 Å². The van der Waals surface area contributed by atoms with Crippen LogP contribution in [0, 0.1) is 34.2 Å². The molecule has 3 aromatic heterocycles. The molecule has 9 nitrogen and oxygen atoms in total. The molecule has 0 bridgehead atoms. The van der Waals surface area contributed by atoms with Gasteiger partial charge < -0.3 is 14.9 Å². The van der Waals surface area contributed by atoms with E-state index in [4.69, 9.17) is 15.0 Å². The largest absolute Gasteiger partial charge is 0.478 e. The number of halogens is 2. The highest BCUT2D eigenvalue weighted by atomic mass is 79.9. The van der Waals surface area contributed by atoms with Crippen molar-refractivity contribution >= 4 is 33.1 Å². The molecule has 35 heavy (non-hydrogen) atoms. The monoisotopic (exact) mass is 556 g/mol. The highest BCUT2D eigenvalue weighted by Gasteiger charge is 2.24. The Bertz CT molecular complexity index is 1480. The van der Waals surface area contributed by atoms with Gasteiger partial charge in [-0.25, -0.2) is 9.37 Å². The molecule has 0 unspecified atom stereocenters. The van der Waals surface area contributed by atoms with Crippen LogP contribution < -0.4 is 4.74 Å². The van der Waals surface area contributed by atoms with E-state index in [0.717, 1.165) is 15.6 Å². The number of pyridine rings is 1. The Kier molecular flexibility index (Phi) is 6.90. The average molecular weight is 557 g/mol. The minimum atomic E-state index is -0.757. The predicted octanol–water partition coefficient (Wildman–Crippen LogP) is 5.66. The van der Waals surface area contributed by atoms with Crippen LogP contribution in [0.1, 0.15) is 39.9 Å². The Labute approximate surface area is 212 Å². The lowest BCUT2D eigenvalue weighted by molar-refractivity contribution is -0.390. The van der Waals surface area contributed by atoms with E-state index in [1.54, 1.807) is 30.8 Å². The van der Waals surface area contributed by atoms with Crippen LogP contribution in [0.5, 0.6) is 5.75 Å². The van der Waals surface area contributed by atoms with Crippen LogP contribution in [0.4, 0.5) is 10.2 Å². The maximum absolute atomic E-state index is 14.3. The number of aryl methyl sites for hydroxylation is 2. The fraction of sp³-hybridized carbons (Fsp3) is 0.217. The minimum absolute atomic E-state index is 0.0410. The highest BCUT2D eigenvalue weighted by Crippen LogP contribution is 2.38. The first-order chi connectivity index (χ1) is 16.7. The summed E-state index contributed by atoms with van der Waals surface area (Å²) >= 11 is 4.74. The summed E-state index contributed by atoms with van der Waals surface area (Å²) in [6.45, 7) is 3.56. The lowest BCUT2D eigenvalue weighted by Crippen LogP contribution is -2.08. The third kappa shape index (κ3) is 5.21. The first kappa shape index (κ1) is 24.4. The maximum atomic E-state index is 14.3. The van der Waals surface area contributed by atoms with E-state index in [-0.39, 0.29) is 5.75 Å². The second kappa shape index (κ2) is 9.89. The summed E-state index contributed by atoms with van der Waals surface area (Å²) in [4.78, 5) is 20.2. The van der Waals surface area contributed by atoms with E-state index in [1.165, 1.54) is 35.7 Å². The van der Waals surface area contributed by atoms with Gasteiger partial charge in [0.15, 0.2) is 11.9 Å². The van der Waals surface area contributed by atoms with Gasteiger partial charge in [0.1, 0.15) is 18.0 Å². The van der Waals surface area contributed by atoms with Gasteiger partial charge in [0.2, 0.25) is 5.75 Å². The lowest BCUT2D eigenvalue weighted by Gasteiger charge is -2.18. The number of nitro groups is 1. The Morgan fingerprint density at radius 2 is 2.14 bits per heavy atom. The van der Waals surface area contributed by atoms with E-state index >= 15 is 0 Å². The van der Waals surface area contributed by atoms with Crippen molar-refractivity contribution in [2.24, 2.45) is 7.05 Å². The van der Waals surface area contributed by atoms with Gasteiger partial charge in [0.05, 0.1) is 15.2 Å². The van der Waals surface area contributed by atoms with Crippen molar-refractivity contribution in [2.75, 3.05) is 0 Å². The summed E-state index contributed by atoms with van der Waals surface area (Å²) in [6.07, 6.45) is 1.02. The smallest absolute Gasteiger partial charge is 0.406 e. The van der Waals surface area contributed by atoms with E-state index < -0.39 is 22.7 Å². The average Bonchev–Trinajstić information content (AvgIpc) is 3.35. The van der Waals surface area contributed by atoms with Crippen LogP contribution in [0.3, 0.4) is 0 Å². The Morgan fingerprint density at radius 3 is 2.83 bits per heavy atom. The van der Waals surface area contributed by atoms with Gasteiger partial charge in [-0.3, -0.25) is 4.68 Å². The second-order valence-corrected chi connectivity index (χ2v) is 9.87. The van der Waals surface area contributed by atoms with Gasteiger partial charge in [-0.05, 0) is 64.0 Å². The van der Waals surface area contributed by atoms with E-state index in [2.05, 4.69) is 26.0 Å². The first-order valence-electron chi connectivity index (χ1n) is 10.3. The number of thiazole rings is 1. The SMILES string of the molecule is Cc1nc(-c2ccc(F)cc2[C@@H](C)Oc2cc(Br)cnc2[N+](=O)[O-])c(Cc2cc(C#N)nn2C)s1. The van der Waals surface area contributed by atoms with Gasteiger partial charge in [-0.1, -0.05) is 0 Å². The van der Waals surface area contributed by atoms with E-state index in [0.29, 0.717) is 33.4 Å². The molecule has 4 aromatic rings. The van der Waals surface area contributed by atoms with Gasteiger partial charge in [0.25, 0.3) is 0 Å². The molecule has 0 aliphatic heterocycles. The molecule has 0 amide bonds. The summed E-state index contributed by atoms with van der Waals surface area (Å²) in [5, 5.41) is 25.6. The molecule has 3 heterocycles. The van der Waals surface area contributed by atoms with Crippen molar-refractivity contribution in [3.8, 4) is 23.1 Å². The van der Waals surface area contributed by atoms with Crippen molar-refractivity contribution in [3.05, 3.63) is 83.8 Å². The molecule has 12 heteroatoms. The molecular weight excluding hydrogens is 539 g/mol. The number of hydrogen-bond donors (Lipinski definition) is 0. The highest BCUT2D eigenvalue weighted by molar-refractivity contribution is 9.10. The van der Waals surface area contributed by atoms with Crippen LogP contribution in [0.2, 0.25) is 0 Å². The number of ether oxygens (including phenoxy) is 1. The van der Waals surface area contributed by atoms with Crippen molar-refractivity contribution in [1.82, 2.24) is 19.7 Å². The zero-order valence-electron chi connectivity index (χ0n) is 18.8. The first-order valence-corrected chi connectivity index (χ1v) is 11.9. The molecule has 0 spiro atoms. The fourth-order valence-electron chi connectivity index (χ4n) is 3.67. The normalized spacial score (nSPS) is 11.8. The molecule has 1 aromatic carbocycles. The molecule has 0 radical (unpaired) electrons. The number of benzene rings is 1. The molecule has 1 atom stereocenters. The quantitative estimate of drug-likeness (QED) is 0.212. The lowest BCUT2D eigenvalue weighted by atomic mass is 9.98. The molecule has 0 saturated heterocycles. The molecule has 0 N–H and O–H groups in total. The van der Waals surface area contributed by atoms with Crippen LogP contribution in [0.15, 0.2) is 41.0 Å².